The van der Waals surface area contributed by atoms with Crippen LogP contribution in [0.5, 0.6) is 0 Å². The molecule has 1 fully saturated rings. The lowest BCUT2D eigenvalue weighted by Crippen LogP contribution is -2.44. The molecule has 0 bridgehead atoms. The van der Waals surface area contributed by atoms with Crippen LogP contribution in [0.4, 0.5) is 0 Å². The molecule has 0 N–H and O–H groups in total. The summed E-state index contributed by atoms with van der Waals surface area (Å²) in [5.41, 5.74) is 0. The van der Waals surface area contributed by atoms with E-state index in [0.29, 0.717) is 0 Å². The summed E-state index contributed by atoms with van der Waals surface area (Å²) in [6, 6.07) is 0. The summed E-state index contributed by atoms with van der Waals surface area (Å²) in [5.74, 6) is 0. The lowest BCUT2D eigenvalue weighted by Gasteiger charge is -2.28. The van der Waals surface area contributed by atoms with E-state index in [-0.39, 0.29) is 0 Å². The molecule has 2 nitrogen and oxygen atoms in total. The highest BCUT2D eigenvalue weighted by Crippen LogP contribution is 2.19. The lowest BCUT2D eigenvalue weighted by molar-refractivity contribution is -1.10. The minimum atomic E-state index is 0.855. The summed E-state index contributed by atoms with van der Waals surface area (Å²) in [7, 11) is 0. The van der Waals surface area contributed by atoms with Crippen LogP contribution < -0.4 is 0 Å². The molecular weight excluding hydrogens is 126 g/mol. The molecular formula is C8H18NO+. The summed E-state index contributed by atoms with van der Waals surface area (Å²) >= 11 is 0. The topological polar surface area (TPSA) is 9.23 Å². The van der Waals surface area contributed by atoms with Gasteiger partial charge in [0.1, 0.15) is 26.2 Å². The SMILES string of the molecule is CCO[N+]1(CC)CCCC1. The number of hydrogen-bond donors (Lipinski definition) is 0. The van der Waals surface area contributed by atoms with Gasteiger partial charge in [-0.25, -0.2) is 4.84 Å². The van der Waals surface area contributed by atoms with E-state index in [4.69, 9.17) is 4.84 Å². The van der Waals surface area contributed by atoms with Gasteiger partial charge >= 0.3 is 0 Å². The Kier molecular flexibility index (Phi) is 2.69. The van der Waals surface area contributed by atoms with Crippen LogP contribution >= 0.6 is 0 Å². The number of hydroxylamine groups is 3. The molecule has 0 aliphatic carbocycles. The Balaban J connectivity index is 2.41. The molecule has 1 aliphatic rings. The molecule has 1 heterocycles. The smallest absolute Gasteiger partial charge is 0.109 e. The summed E-state index contributed by atoms with van der Waals surface area (Å²) in [4.78, 5) is 5.68. The maximum absolute atomic E-state index is 5.68. The van der Waals surface area contributed by atoms with Gasteiger partial charge in [0.2, 0.25) is 0 Å². The van der Waals surface area contributed by atoms with Crippen molar-refractivity contribution in [2.75, 3.05) is 26.2 Å². The average molecular weight is 144 g/mol. The zero-order valence-corrected chi connectivity index (χ0v) is 7.10. The van der Waals surface area contributed by atoms with Crippen molar-refractivity contribution in [2.24, 2.45) is 0 Å². The van der Waals surface area contributed by atoms with Gasteiger partial charge in [-0.3, -0.25) is 0 Å². The molecule has 2 heteroatoms. The fourth-order valence-electron chi connectivity index (χ4n) is 1.72. The van der Waals surface area contributed by atoms with Gasteiger partial charge in [0, 0.05) is 12.8 Å². The Morgan fingerprint density at radius 1 is 1.20 bits per heavy atom. The fourth-order valence-corrected chi connectivity index (χ4v) is 1.72. The van der Waals surface area contributed by atoms with Crippen LogP contribution in [0.3, 0.4) is 0 Å². The van der Waals surface area contributed by atoms with E-state index in [1.54, 1.807) is 0 Å². The van der Waals surface area contributed by atoms with E-state index in [0.717, 1.165) is 17.8 Å². The van der Waals surface area contributed by atoms with Crippen molar-refractivity contribution in [3.8, 4) is 0 Å². The van der Waals surface area contributed by atoms with Crippen LogP contribution in [0.1, 0.15) is 26.7 Å². The lowest BCUT2D eigenvalue weighted by atomic mass is 10.4. The van der Waals surface area contributed by atoms with Crippen molar-refractivity contribution >= 4 is 0 Å². The second-order valence-electron chi connectivity index (χ2n) is 2.95. The Morgan fingerprint density at radius 3 is 2.20 bits per heavy atom. The molecule has 0 aromatic heterocycles. The zero-order chi connectivity index (χ0) is 7.45. The van der Waals surface area contributed by atoms with E-state index in [1.165, 1.54) is 25.9 Å². The zero-order valence-electron chi connectivity index (χ0n) is 7.10. The highest BCUT2D eigenvalue weighted by molar-refractivity contribution is 4.47. The first kappa shape index (κ1) is 8.02. The van der Waals surface area contributed by atoms with E-state index in [9.17, 15) is 0 Å². The van der Waals surface area contributed by atoms with Gasteiger partial charge < -0.3 is 0 Å². The number of quaternary nitrogens is 1. The highest BCUT2D eigenvalue weighted by Gasteiger charge is 2.31. The molecule has 0 atom stereocenters. The minimum Gasteiger partial charge on any atom is -0.203 e. The number of hydrogen-bond acceptors (Lipinski definition) is 1. The van der Waals surface area contributed by atoms with Crippen LogP contribution in [-0.4, -0.2) is 30.9 Å². The van der Waals surface area contributed by atoms with Crippen molar-refractivity contribution in [3.05, 3.63) is 0 Å². The van der Waals surface area contributed by atoms with E-state index >= 15 is 0 Å². The Hall–Kier alpha value is -0.0800. The van der Waals surface area contributed by atoms with Gasteiger partial charge in [0.05, 0.1) is 0 Å². The highest BCUT2D eigenvalue weighted by atomic mass is 16.7. The number of likely N-dealkylation sites (tertiary alicyclic amines) is 1. The summed E-state index contributed by atoms with van der Waals surface area (Å²) in [6.45, 7) is 8.73. The summed E-state index contributed by atoms with van der Waals surface area (Å²) in [5, 5.41) is 0. The number of rotatable bonds is 3. The molecule has 0 radical (unpaired) electrons. The minimum absolute atomic E-state index is 0.855. The van der Waals surface area contributed by atoms with Crippen LogP contribution in [0, 0.1) is 0 Å². The third-order valence-corrected chi connectivity index (χ3v) is 2.36. The van der Waals surface area contributed by atoms with Crippen molar-refractivity contribution < 1.29 is 9.48 Å². The third-order valence-electron chi connectivity index (χ3n) is 2.36. The van der Waals surface area contributed by atoms with E-state index < -0.39 is 0 Å². The maximum Gasteiger partial charge on any atom is 0.109 e. The van der Waals surface area contributed by atoms with Crippen LogP contribution in [-0.2, 0) is 4.84 Å². The molecule has 1 rings (SSSR count). The van der Waals surface area contributed by atoms with Gasteiger partial charge in [-0.15, -0.1) is 0 Å². The molecule has 1 saturated heterocycles. The first-order valence-corrected chi connectivity index (χ1v) is 4.33. The normalized spacial score (nSPS) is 23.4. The van der Waals surface area contributed by atoms with Gasteiger partial charge in [-0.2, -0.15) is 4.65 Å². The largest absolute Gasteiger partial charge is 0.203 e. The monoisotopic (exact) mass is 144 g/mol. The molecule has 10 heavy (non-hydrogen) atoms. The molecule has 0 amide bonds. The van der Waals surface area contributed by atoms with Gasteiger partial charge in [0.15, 0.2) is 0 Å². The molecule has 60 valence electrons. The first-order valence-electron chi connectivity index (χ1n) is 4.33. The quantitative estimate of drug-likeness (QED) is 0.546. The van der Waals surface area contributed by atoms with Crippen molar-refractivity contribution in [3.63, 3.8) is 0 Å². The average Bonchev–Trinajstić information content (AvgIpc) is 2.39. The Labute approximate surface area is 63.3 Å². The van der Waals surface area contributed by atoms with Gasteiger partial charge in [-0.1, -0.05) is 0 Å². The second-order valence-corrected chi connectivity index (χ2v) is 2.95. The Morgan fingerprint density at radius 2 is 1.80 bits per heavy atom. The van der Waals surface area contributed by atoms with Gasteiger partial charge in [0.25, 0.3) is 0 Å². The predicted octanol–water partition coefficient (Wildman–Crippen LogP) is 1.57. The molecule has 0 spiro atoms. The van der Waals surface area contributed by atoms with Crippen LogP contribution in [0.25, 0.3) is 0 Å². The predicted molar refractivity (Wildman–Crippen MR) is 41.4 cm³/mol. The standard InChI is InChI=1S/C8H18NO/c1-3-9(10-4-2)7-5-6-8-9/h3-8H2,1-2H3/q+1. The van der Waals surface area contributed by atoms with Crippen molar-refractivity contribution in [1.29, 1.82) is 0 Å². The van der Waals surface area contributed by atoms with Crippen molar-refractivity contribution in [1.82, 2.24) is 0 Å². The molecule has 0 unspecified atom stereocenters. The van der Waals surface area contributed by atoms with E-state index in [2.05, 4.69) is 13.8 Å². The third kappa shape index (κ3) is 1.50. The van der Waals surface area contributed by atoms with E-state index in [1.807, 2.05) is 0 Å². The van der Waals surface area contributed by atoms with Crippen LogP contribution in [0.2, 0.25) is 0 Å². The van der Waals surface area contributed by atoms with Crippen molar-refractivity contribution in [2.45, 2.75) is 26.7 Å². The Bertz CT molecular complexity index is 97.4. The van der Waals surface area contributed by atoms with Crippen LogP contribution in [0.15, 0.2) is 0 Å². The fraction of sp³-hybridized carbons (Fsp3) is 1.00. The maximum atomic E-state index is 5.68. The molecule has 0 saturated carbocycles. The van der Waals surface area contributed by atoms with Gasteiger partial charge in [-0.05, 0) is 13.8 Å². The first-order chi connectivity index (χ1) is 4.83. The number of nitrogens with zero attached hydrogens (tertiary/aromatic N) is 1. The summed E-state index contributed by atoms with van der Waals surface area (Å²) in [6.07, 6.45) is 2.68. The second kappa shape index (κ2) is 3.35. The molecule has 1 aliphatic heterocycles. The molecule has 0 aromatic carbocycles. The summed E-state index contributed by atoms with van der Waals surface area (Å²) < 4.78 is 0.913. The molecule has 0 aromatic rings.